The normalized spacial score (nSPS) is 13.3. The van der Waals surface area contributed by atoms with Gasteiger partial charge in [0.25, 0.3) is 0 Å². The molecule has 0 heterocycles. The number of hydrogen-bond acceptors (Lipinski definition) is 3. The molecular formula is C11H11F3O4S. The lowest BCUT2D eigenvalue weighted by atomic mass is 10.1. The molecule has 0 aromatic heterocycles. The van der Waals surface area contributed by atoms with Crippen LogP contribution < -0.4 is 0 Å². The van der Waals surface area contributed by atoms with Crippen molar-refractivity contribution in [2.75, 3.05) is 12.5 Å². The van der Waals surface area contributed by atoms with E-state index in [1.54, 1.807) is 6.92 Å². The highest BCUT2D eigenvalue weighted by molar-refractivity contribution is 7.84. The van der Waals surface area contributed by atoms with Gasteiger partial charge in [0.2, 0.25) is 0 Å². The number of ether oxygens (including phenoxy) is 1. The second-order valence-corrected chi connectivity index (χ2v) is 5.11. The van der Waals surface area contributed by atoms with Crippen LogP contribution in [-0.2, 0) is 15.5 Å². The molecule has 1 N–H and O–H groups in total. The van der Waals surface area contributed by atoms with Gasteiger partial charge >= 0.3 is 12.1 Å². The smallest absolute Gasteiger partial charge is 0.411 e. The number of alkyl halides is 3. The summed E-state index contributed by atoms with van der Waals surface area (Å²) < 4.78 is 51.4. The average molecular weight is 296 g/mol. The van der Waals surface area contributed by atoms with Gasteiger partial charge in [-0.25, -0.2) is 4.79 Å². The minimum absolute atomic E-state index is 0.0401. The van der Waals surface area contributed by atoms with Crippen LogP contribution in [0.15, 0.2) is 23.1 Å². The SMILES string of the molecule is Cc1ccc(S(=O)COCC(F)(F)F)cc1C(=O)O. The molecule has 0 aliphatic rings. The highest BCUT2D eigenvalue weighted by Crippen LogP contribution is 2.17. The van der Waals surface area contributed by atoms with E-state index in [1.165, 1.54) is 18.2 Å². The summed E-state index contributed by atoms with van der Waals surface area (Å²) in [6.45, 7) is 0.0761. The van der Waals surface area contributed by atoms with Crippen molar-refractivity contribution >= 4 is 16.8 Å². The van der Waals surface area contributed by atoms with Gasteiger partial charge < -0.3 is 9.84 Å². The first-order valence-corrected chi connectivity index (χ1v) is 6.39. The lowest BCUT2D eigenvalue weighted by Gasteiger charge is -2.08. The van der Waals surface area contributed by atoms with Gasteiger partial charge in [-0.05, 0) is 24.6 Å². The molecule has 0 fully saturated rings. The van der Waals surface area contributed by atoms with Crippen molar-refractivity contribution in [2.45, 2.75) is 18.0 Å². The van der Waals surface area contributed by atoms with E-state index in [-0.39, 0.29) is 10.5 Å². The lowest BCUT2D eigenvalue weighted by molar-refractivity contribution is -0.169. The zero-order chi connectivity index (χ0) is 14.6. The van der Waals surface area contributed by atoms with E-state index < -0.39 is 35.5 Å². The number of carbonyl (C=O) groups is 1. The highest BCUT2D eigenvalue weighted by atomic mass is 32.2. The van der Waals surface area contributed by atoms with Crippen LogP contribution in [0.2, 0.25) is 0 Å². The van der Waals surface area contributed by atoms with Crippen LogP contribution in [0.4, 0.5) is 13.2 Å². The molecule has 0 amide bonds. The third kappa shape index (κ3) is 4.99. The molecule has 4 nitrogen and oxygen atoms in total. The molecule has 1 unspecified atom stereocenters. The van der Waals surface area contributed by atoms with Crippen molar-refractivity contribution in [3.05, 3.63) is 29.3 Å². The Morgan fingerprint density at radius 1 is 1.42 bits per heavy atom. The van der Waals surface area contributed by atoms with Crippen molar-refractivity contribution in [1.29, 1.82) is 0 Å². The van der Waals surface area contributed by atoms with Crippen molar-refractivity contribution in [3.63, 3.8) is 0 Å². The van der Waals surface area contributed by atoms with Crippen LogP contribution in [-0.4, -0.2) is 34.0 Å². The second kappa shape index (κ2) is 6.16. The molecule has 1 aromatic carbocycles. The number of rotatable bonds is 5. The maximum atomic E-state index is 11.8. The van der Waals surface area contributed by atoms with Crippen LogP contribution in [0.1, 0.15) is 15.9 Å². The van der Waals surface area contributed by atoms with Crippen molar-refractivity contribution < 1.29 is 32.0 Å². The Hall–Kier alpha value is -1.41. The number of carboxylic acid groups (broad SMARTS) is 1. The summed E-state index contributed by atoms with van der Waals surface area (Å²) in [5.41, 5.74) is 0.436. The number of hydrogen-bond donors (Lipinski definition) is 1. The van der Waals surface area contributed by atoms with E-state index in [0.29, 0.717) is 5.56 Å². The molecule has 106 valence electrons. The highest BCUT2D eigenvalue weighted by Gasteiger charge is 2.27. The van der Waals surface area contributed by atoms with E-state index >= 15 is 0 Å². The molecule has 1 rings (SSSR count). The van der Waals surface area contributed by atoms with Crippen molar-refractivity contribution in [1.82, 2.24) is 0 Å². The fourth-order valence-electron chi connectivity index (χ4n) is 1.27. The van der Waals surface area contributed by atoms with Gasteiger partial charge in [0.15, 0.2) is 0 Å². The average Bonchev–Trinajstić information content (AvgIpc) is 2.27. The van der Waals surface area contributed by atoms with Crippen molar-refractivity contribution in [3.8, 4) is 0 Å². The predicted octanol–water partition coefficient (Wildman–Crippen LogP) is 2.34. The predicted molar refractivity (Wildman–Crippen MR) is 61.4 cm³/mol. The van der Waals surface area contributed by atoms with Gasteiger partial charge in [0, 0.05) is 4.90 Å². The number of carboxylic acids is 1. The molecule has 1 atom stereocenters. The zero-order valence-corrected chi connectivity index (χ0v) is 10.7. The Morgan fingerprint density at radius 3 is 2.58 bits per heavy atom. The van der Waals surface area contributed by atoms with Crippen LogP contribution in [0.25, 0.3) is 0 Å². The number of halogens is 3. The number of aromatic carboxylic acids is 1. The molecule has 8 heteroatoms. The minimum atomic E-state index is -4.48. The van der Waals surface area contributed by atoms with Crippen LogP contribution in [0, 0.1) is 6.92 Å². The summed E-state index contributed by atoms with van der Waals surface area (Å²) in [6, 6.07) is 4.01. The molecule has 1 aromatic rings. The molecule has 0 saturated heterocycles. The maximum Gasteiger partial charge on any atom is 0.411 e. The van der Waals surface area contributed by atoms with E-state index in [2.05, 4.69) is 4.74 Å². The van der Waals surface area contributed by atoms with Crippen LogP contribution >= 0.6 is 0 Å². The van der Waals surface area contributed by atoms with Gasteiger partial charge in [-0.15, -0.1) is 0 Å². The van der Waals surface area contributed by atoms with Gasteiger partial charge in [-0.2, -0.15) is 13.2 Å². The number of benzene rings is 1. The topological polar surface area (TPSA) is 63.6 Å². The van der Waals surface area contributed by atoms with Crippen LogP contribution in [0.5, 0.6) is 0 Å². The van der Waals surface area contributed by atoms with Crippen molar-refractivity contribution in [2.24, 2.45) is 0 Å². The lowest BCUT2D eigenvalue weighted by Crippen LogP contribution is -2.18. The Morgan fingerprint density at radius 2 is 2.05 bits per heavy atom. The molecule has 19 heavy (non-hydrogen) atoms. The third-order valence-electron chi connectivity index (χ3n) is 2.16. The van der Waals surface area contributed by atoms with Gasteiger partial charge in [0.1, 0.15) is 12.5 Å². The van der Waals surface area contributed by atoms with E-state index in [9.17, 15) is 22.2 Å². The first-order valence-electron chi connectivity index (χ1n) is 5.07. The number of aryl methyl sites for hydroxylation is 1. The van der Waals surface area contributed by atoms with Crippen LogP contribution in [0.3, 0.4) is 0 Å². The van der Waals surface area contributed by atoms with Gasteiger partial charge in [-0.1, -0.05) is 6.07 Å². The summed E-state index contributed by atoms with van der Waals surface area (Å²) in [4.78, 5) is 11.0. The van der Waals surface area contributed by atoms with E-state index in [0.717, 1.165) is 0 Å². The Labute approximate surface area is 109 Å². The Balaban J connectivity index is 2.73. The van der Waals surface area contributed by atoms with Gasteiger partial charge in [0.05, 0.1) is 16.4 Å². The summed E-state index contributed by atoms with van der Waals surface area (Å²) in [7, 11) is -1.84. The summed E-state index contributed by atoms with van der Waals surface area (Å²) >= 11 is 0. The molecule has 0 saturated carbocycles. The Kier molecular flexibility index (Phi) is 5.07. The van der Waals surface area contributed by atoms with E-state index in [4.69, 9.17) is 5.11 Å². The Bertz CT molecular complexity index is 499. The molecule has 0 spiro atoms. The minimum Gasteiger partial charge on any atom is -0.478 e. The fourth-order valence-corrected chi connectivity index (χ4v) is 2.11. The molecule has 0 bridgehead atoms. The monoisotopic (exact) mass is 296 g/mol. The summed E-state index contributed by atoms with van der Waals surface area (Å²) in [5, 5.41) is 8.88. The maximum absolute atomic E-state index is 11.8. The third-order valence-corrected chi connectivity index (χ3v) is 3.32. The summed E-state index contributed by atoms with van der Waals surface area (Å²) in [5.74, 6) is -1.82. The zero-order valence-electron chi connectivity index (χ0n) is 9.86. The standard InChI is InChI=1S/C11H11F3O4S/c1-7-2-3-8(4-9(7)10(15)16)19(17)6-18-5-11(12,13)14/h2-4H,5-6H2,1H3,(H,15,16). The molecule has 0 radical (unpaired) electrons. The first kappa shape index (κ1) is 15.6. The molecule has 0 aliphatic heterocycles. The fraction of sp³-hybridized carbons (Fsp3) is 0.364. The van der Waals surface area contributed by atoms with E-state index in [1.807, 2.05) is 0 Å². The quantitative estimate of drug-likeness (QED) is 0.906. The summed E-state index contributed by atoms with van der Waals surface area (Å²) in [6.07, 6.45) is -4.48. The molecular weight excluding hydrogens is 285 g/mol. The van der Waals surface area contributed by atoms with Gasteiger partial charge in [-0.3, -0.25) is 4.21 Å². The first-order chi connectivity index (χ1) is 8.70. The largest absolute Gasteiger partial charge is 0.478 e. The molecule has 0 aliphatic carbocycles. The second-order valence-electron chi connectivity index (χ2n) is 3.71.